The first kappa shape index (κ1) is 11.0. The molecule has 2 aromatic heterocycles. The van der Waals surface area contributed by atoms with Crippen molar-refractivity contribution in [2.45, 2.75) is 13.3 Å². The van der Waals surface area contributed by atoms with Gasteiger partial charge in [0.1, 0.15) is 11.4 Å². The van der Waals surface area contributed by atoms with E-state index in [9.17, 15) is 0 Å². The van der Waals surface area contributed by atoms with Crippen LogP contribution in [0.4, 0.5) is 0 Å². The Morgan fingerprint density at radius 3 is 3.06 bits per heavy atom. The highest BCUT2D eigenvalue weighted by molar-refractivity contribution is 7.71. The fraction of sp³-hybridized carbons (Fsp3) is 0.273. The zero-order valence-electron chi connectivity index (χ0n) is 8.97. The SMILES string of the molecule is CCc1cc2cccnc2n(NCO)c1=S. The standard InChI is InChI=1S/C11H13N3OS/c1-2-8-6-9-4-3-5-12-10(9)14(11(8)16)13-7-15/h3-6,13,15H,2,7H2,1H3. The average molecular weight is 235 g/mol. The predicted molar refractivity (Wildman–Crippen MR) is 66.4 cm³/mol. The Bertz CT molecular complexity index is 565. The first-order valence-corrected chi connectivity index (χ1v) is 5.53. The lowest BCUT2D eigenvalue weighted by molar-refractivity contribution is 0.309. The number of pyridine rings is 2. The van der Waals surface area contributed by atoms with Crippen LogP contribution in [0.3, 0.4) is 0 Å². The molecular formula is C11H13N3OS. The van der Waals surface area contributed by atoms with Gasteiger partial charge in [0, 0.05) is 11.6 Å². The van der Waals surface area contributed by atoms with Crippen LogP contribution >= 0.6 is 12.2 Å². The van der Waals surface area contributed by atoms with Crippen molar-refractivity contribution in [1.29, 1.82) is 0 Å². The molecule has 0 aliphatic carbocycles. The van der Waals surface area contributed by atoms with Gasteiger partial charge in [-0.2, -0.15) is 0 Å². The van der Waals surface area contributed by atoms with Gasteiger partial charge < -0.3 is 5.11 Å². The summed E-state index contributed by atoms with van der Waals surface area (Å²) in [6.07, 6.45) is 2.56. The highest BCUT2D eigenvalue weighted by Gasteiger charge is 2.05. The molecule has 0 saturated carbocycles. The predicted octanol–water partition coefficient (Wildman–Crippen LogP) is 1.82. The summed E-state index contributed by atoms with van der Waals surface area (Å²) in [5.41, 5.74) is 4.60. The van der Waals surface area contributed by atoms with Gasteiger partial charge in [-0.05, 0) is 30.2 Å². The van der Waals surface area contributed by atoms with E-state index in [2.05, 4.69) is 17.3 Å². The van der Waals surface area contributed by atoms with E-state index in [1.165, 1.54) is 0 Å². The van der Waals surface area contributed by atoms with Crippen LogP contribution < -0.4 is 5.43 Å². The number of aromatic nitrogens is 2. The molecule has 2 heterocycles. The molecule has 0 aliphatic heterocycles. The second-order valence-corrected chi connectivity index (χ2v) is 3.78. The van der Waals surface area contributed by atoms with Crippen LogP contribution in [0, 0.1) is 4.64 Å². The third kappa shape index (κ3) is 1.79. The van der Waals surface area contributed by atoms with E-state index in [1.807, 2.05) is 18.2 Å². The second-order valence-electron chi connectivity index (χ2n) is 3.40. The Kier molecular flexibility index (Phi) is 3.17. The van der Waals surface area contributed by atoms with Gasteiger partial charge in [-0.15, -0.1) is 0 Å². The molecule has 2 aromatic rings. The van der Waals surface area contributed by atoms with Crippen molar-refractivity contribution in [2.24, 2.45) is 0 Å². The van der Waals surface area contributed by atoms with Gasteiger partial charge in [0.25, 0.3) is 0 Å². The second kappa shape index (κ2) is 4.59. The smallest absolute Gasteiger partial charge is 0.159 e. The van der Waals surface area contributed by atoms with Gasteiger partial charge in [-0.25, -0.2) is 9.66 Å². The van der Waals surface area contributed by atoms with E-state index in [1.54, 1.807) is 10.9 Å². The van der Waals surface area contributed by atoms with Crippen LogP contribution in [0.25, 0.3) is 11.0 Å². The zero-order chi connectivity index (χ0) is 11.5. The summed E-state index contributed by atoms with van der Waals surface area (Å²) in [7, 11) is 0. The normalized spacial score (nSPS) is 10.6. The van der Waals surface area contributed by atoms with Gasteiger partial charge in [-0.1, -0.05) is 19.1 Å². The lowest BCUT2D eigenvalue weighted by atomic mass is 10.2. The maximum atomic E-state index is 8.96. The molecule has 0 fully saturated rings. The number of aliphatic hydroxyl groups is 1. The summed E-state index contributed by atoms with van der Waals surface area (Å²) < 4.78 is 2.33. The van der Waals surface area contributed by atoms with Crippen LogP contribution in [0.15, 0.2) is 24.4 Å². The highest BCUT2D eigenvalue weighted by atomic mass is 32.1. The number of aryl methyl sites for hydroxylation is 1. The number of nitrogens with one attached hydrogen (secondary N) is 1. The van der Waals surface area contributed by atoms with Crippen molar-refractivity contribution in [1.82, 2.24) is 9.66 Å². The van der Waals surface area contributed by atoms with Gasteiger partial charge >= 0.3 is 0 Å². The summed E-state index contributed by atoms with van der Waals surface area (Å²) in [4.78, 5) is 4.26. The molecule has 2 N–H and O–H groups in total. The van der Waals surface area contributed by atoms with Crippen LogP contribution in [0.1, 0.15) is 12.5 Å². The van der Waals surface area contributed by atoms with Crippen molar-refractivity contribution >= 4 is 23.3 Å². The number of hydrogen-bond acceptors (Lipinski definition) is 4. The Morgan fingerprint density at radius 1 is 1.56 bits per heavy atom. The largest absolute Gasteiger partial charge is 0.375 e. The van der Waals surface area contributed by atoms with Crippen molar-refractivity contribution < 1.29 is 5.11 Å². The van der Waals surface area contributed by atoms with E-state index in [0.29, 0.717) is 4.64 Å². The first-order valence-electron chi connectivity index (χ1n) is 5.12. The molecular weight excluding hydrogens is 222 g/mol. The Morgan fingerprint density at radius 2 is 2.38 bits per heavy atom. The third-order valence-electron chi connectivity index (χ3n) is 2.45. The number of aliphatic hydroxyl groups excluding tert-OH is 1. The molecule has 0 aliphatic rings. The molecule has 2 rings (SSSR count). The van der Waals surface area contributed by atoms with Crippen molar-refractivity contribution in [3.63, 3.8) is 0 Å². The van der Waals surface area contributed by atoms with Crippen molar-refractivity contribution in [3.05, 3.63) is 34.6 Å². The number of nitrogens with zero attached hydrogens (tertiary/aromatic N) is 2. The lowest BCUT2D eigenvalue weighted by Gasteiger charge is -2.13. The molecule has 0 atom stereocenters. The first-order chi connectivity index (χ1) is 7.77. The Hall–Kier alpha value is -1.46. The van der Waals surface area contributed by atoms with Crippen molar-refractivity contribution in [2.75, 3.05) is 12.2 Å². The maximum absolute atomic E-state index is 8.96. The zero-order valence-corrected chi connectivity index (χ0v) is 9.79. The minimum absolute atomic E-state index is 0.173. The molecule has 0 spiro atoms. The maximum Gasteiger partial charge on any atom is 0.159 e. The fourth-order valence-corrected chi connectivity index (χ4v) is 2.02. The van der Waals surface area contributed by atoms with E-state index in [0.717, 1.165) is 23.0 Å². The van der Waals surface area contributed by atoms with Gasteiger partial charge in [-0.3, -0.25) is 5.43 Å². The van der Waals surface area contributed by atoms with Crippen LogP contribution in [-0.4, -0.2) is 21.5 Å². The number of hydrogen-bond donors (Lipinski definition) is 2. The third-order valence-corrected chi connectivity index (χ3v) is 2.89. The topological polar surface area (TPSA) is 50.1 Å². The van der Waals surface area contributed by atoms with Crippen molar-refractivity contribution in [3.8, 4) is 0 Å². The number of rotatable bonds is 3. The minimum atomic E-state index is -0.173. The molecule has 84 valence electrons. The van der Waals surface area contributed by atoms with E-state index >= 15 is 0 Å². The molecule has 0 saturated heterocycles. The van der Waals surface area contributed by atoms with Gasteiger partial charge in [0.2, 0.25) is 0 Å². The van der Waals surface area contributed by atoms with E-state index < -0.39 is 0 Å². The molecule has 0 radical (unpaired) electrons. The monoisotopic (exact) mass is 235 g/mol. The molecule has 0 aromatic carbocycles. The van der Waals surface area contributed by atoms with Crippen LogP contribution in [0.2, 0.25) is 0 Å². The summed E-state index contributed by atoms with van der Waals surface area (Å²) in [6.45, 7) is 1.88. The summed E-state index contributed by atoms with van der Waals surface area (Å²) in [6, 6.07) is 5.90. The Balaban J connectivity index is 2.80. The van der Waals surface area contributed by atoms with E-state index in [4.69, 9.17) is 17.3 Å². The molecule has 0 amide bonds. The molecule has 16 heavy (non-hydrogen) atoms. The summed E-state index contributed by atoms with van der Waals surface area (Å²) >= 11 is 5.33. The van der Waals surface area contributed by atoms with Crippen LogP contribution in [-0.2, 0) is 6.42 Å². The lowest BCUT2D eigenvalue weighted by Crippen LogP contribution is -2.19. The number of fused-ring (bicyclic) bond motifs is 1. The quantitative estimate of drug-likeness (QED) is 0.629. The van der Waals surface area contributed by atoms with E-state index in [-0.39, 0.29) is 6.73 Å². The summed E-state index contributed by atoms with van der Waals surface area (Å²) in [5.74, 6) is 0. The molecule has 5 heteroatoms. The average Bonchev–Trinajstić information content (AvgIpc) is 2.32. The van der Waals surface area contributed by atoms with Crippen LogP contribution in [0.5, 0.6) is 0 Å². The molecule has 0 unspecified atom stereocenters. The van der Waals surface area contributed by atoms with Gasteiger partial charge in [0.05, 0.1) is 0 Å². The minimum Gasteiger partial charge on any atom is -0.375 e. The highest BCUT2D eigenvalue weighted by Crippen LogP contribution is 2.15. The summed E-state index contributed by atoms with van der Waals surface area (Å²) in [5, 5.41) is 9.97. The fourth-order valence-electron chi connectivity index (χ4n) is 1.67. The van der Waals surface area contributed by atoms with Gasteiger partial charge in [0.15, 0.2) is 5.65 Å². The molecule has 0 bridgehead atoms. The molecule has 4 nitrogen and oxygen atoms in total. The Labute approximate surface area is 98.5 Å².